The molecular weight excluding hydrogens is 399 g/mol. The van der Waals surface area contributed by atoms with E-state index in [2.05, 4.69) is 17.3 Å². The van der Waals surface area contributed by atoms with E-state index in [-0.39, 0.29) is 48.6 Å². The standard InChI is InChI=1S/C20H30N4O2.2ClH/c1-23-10-5-11-24(13-12-23)20(26)16-7-2-3-9-18(16)22-19(25)14-15-6-4-8-17(15)21;;/h2-3,7,9,15,17H,4-6,8,10-14,21H2,1H3,(H,22,25);2*1H/t15-,17+;;/m0../s1. The molecule has 1 aromatic rings. The van der Waals surface area contributed by atoms with E-state index in [0.29, 0.717) is 24.2 Å². The summed E-state index contributed by atoms with van der Waals surface area (Å²) in [5.41, 5.74) is 7.25. The molecule has 0 aromatic heterocycles. The second-order valence-electron chi connectivity index (χ2n) is 7.60. The van der Waals surface area contributed by atoms with Crippen LogP contribution in [0.15, 0.2) is 24.3 Å². The van der Waals surface area contributed by atoms with Gasteiger partial charge in [-0.2, -0.15) is 0 Å². The topological polar surface area (TPSA) is 78.7 Å². The quantitative estimate of drug-likeness (QED) is 0.769. The summed E-state index contributed by atoms with van der Waals surface area (Å²) in [6.45, 7) is 3.35. The third-order valence-corrected chi connectivity index (χ3v) is 5.60. The summed E-state index contributed by atoms with van der Waals surface area (Å²) in [6.07, 6.45) is 4.50. The highest BCUT2D eigenvalue weighted by Crippen LogP contribution is 2.27. The Morgan fingerprint density at radius 2 is 1.82 bits per heavy atom. The van der Waals surface area contributed by atoms with E-state index in [9.17, 15) is 9.59 Å². The molecule has 158 valence electrons. The second kappa shape index (κ2) is 11.6. The summed E-state index contributed by atoms with van der Waals surface area (Å²) < 4.78 is 0. The van der Waals surface area contributed by atoms with Crippen molar-refractivity contribution < 1.29 is 9.59 Å². The van der Waals surface area contributed by atoms with Gasteiger partial charge in [0, 0.05) is 32.1 Å². The number of hydrogen-bond donors (Lipinski definition) is 2. The molecular formula is C20H32Cl2N4O2. The van der Waals surface area contributed by atoms with Gasteiger partial charge in [0.2, 0.25) is 5.91 Å². The van der Waals surface area contributed by atoms with Crippen LogP contribution in [-0.4, -0.2) is 60.9 Å². The minimum Gasteiger partial charge on any atom is -0.337 e. The summed E-state index contributed by atoms with van der Waals surface area (Å²) in [6, 6.07) is 7.42. The molecule has 1 aliphatic heterocycles. The lowest BCUT2D eigenvalue weighted by molar-refractivity contribution is -0.117. The molecule has 0 unspecified atom stereocenters. The van der Waals surface area contributed by atoms with Crippen LogP contribution in [0.4, 0.5) is 5.69 Å². The van der Waals surface area contributed by atoms with Gasteiger partial charge in [-0.15, -0.1) is 24.8 Å². The molecule has 2 atom stereocenters. The van der Waals surface area contributed by atoms with E-state index in [4.69, 9.17) is 5.73 Å². The number of nitrogens with two attached hydrogens (primary N) is 1. The van der Waals surface area contributed by atoms with Gasteiger partial charge in [0.25, 0.3) is 5.91 Å². The Balaban J connectivity index is 0.00000196. The average Bonchev–Trinajstić information content (AvgIpc) is 2.89. The molecule has 1 aliphatic carbocycles. The zero-order valence-electron chi connectivity index (χ0n) is 16.4. The van der Waals surface area contributed by atoms with Gasteiger partial charge in [-0.05, 0) is 50.9 Å². The van der Waals surface area contributed by atoms with Gasteiger partial charge in [0.1, 0.15) is 0 Å². The van der Waals surface area contributed by atoms with Crippen LogP contribution in [0.5, 0.6) is 0 Å². The van der Waals surface area contributed by atoms with Crippen molar-refractivity contribution in [2.75, 3.05) is 38.5 Å². The number of nitrogens with zero attached hydrogens (tertiary/aromatic N) is 2. The highest BCUT2D eigenvalue weighted by atomic mass is 35.5. The number of para-hydroxylation sites is 1. The Morgan fingerprint density at radius 3 is 2.54 bits per heavy atom. The van der Waals surface area contributed by atoms with Crippen LogP contribution in [0.1, 0.15) is 42.5 Å². The molecule has 1 saturated carbocycles. The number of carbonyl (C=O) groups is 2. The van der Waals surface area contributed by atoms with Crippen molar-refractivity contribution >= 4 is 42.3 Å². The summed E-state index contributed by atoms with van der Waals surface area (Å²) >= 11 is 0. The van der Waals surface area contributed by atoms with E-state index >= 15 is 0 Å². The van der Waals surface area contributed by atoms with E-state index < -0.39 is 0 Å². The number of carbonyl (C=O) groups excluding carboxylic acids is 2. The monoisotopic (exact) mass is 430 g/mol. The minimum atomic E-state index is -0.0526. The van der Waals surface area contributed by atoms with E-state index in [0.717, 1.165) is 45.3 Å². The van der Waals surface area contributed by atoms with Crippen LogP contribution in [0.25, 0.3) is 0 Å². The molecule has 6 nitrogen and oxygen atoms in total. The molecule has 3 N–H and O–H groups in total. The Bertz CT molecular complexity index is 659. The van der Waals surface area contributed by atoms with Gasteiger partial charge < -0.3 is 20.9 Å². The fraction of sp³-hybridized carbons (Fsp3) is 0.600. The zero-order chi connectivity index (χ0) is 18.5. The van der Waals surface area contributed by atoms with Gasteiger partial charge in [0.05, 0.1) is 11.3 Å². The number of anilines is 1. The van der Waals surface area contributed by atoms with Crippen molar-refractivity contribution in [3.05, 3.63) is 29.8 Å². The van der Waals surface area contributed by atoms with Crippen LogP contribution in [0, 0.1) is 5.92 Å². The highest BCUT2D eigenvalue weighted by molar-refractivity contribution is 6.03. The number of likely N-dealkylation sites (N-methyl/N-ethyl adjacent to an activating group) is 1. The highest BCUT2D eigenvalue weighted by Gasteiger charge is 2.27. The molecule has 2 aliphatic rings. The molecule has 28 heavy (non-hydrogen) atoms. The summed E-state index contributed by atoms with van der Waals surface area (Å²) in [4.78, 5) is 29.6. The smallest absolute Gasteiger partial charge is 0.256 e. The Morgan fingerprint density at radius 1 is 1.07 bits per heavy atom. The molecule has 0 spiro atoms. The Kier molecular flexibility index (Phi) is 10.2. The number of rotatable bonds is 4. The van der Waals surface area contributed by atoms with Gasteiger partial charge in [-0.1, -0.05) is 18.6 Å². The fourth-order valence-corrected chi connectivity index (χ4v) is 3.96. The average molecular weight is 431 g/mol. The van der Waals surface area contributed by atoms with E-state index in [1.54, 1.807) is 6.07 Å². The van der Waals surface area contributed by atoms with Crippen molar-refractivity contribution in [2.45, 2.75) is 38.1 Å². The van der Waals surface area contributed by atoms with Crippen LogP contribution in [0.2, 0.25) is 0 Å². The van der Waals surface area contributed by atoms with Crippen molar-refractivity contribution in [3.8, 4) is 0 Å². The predicted octanol–water partition coefficient (Wildman–Crippen LogP) is 2.76. The van der Waals surface area contributed by atoms with Gasteiger partial charge >= 0.3 is 0 Å². The first kappa shape index (κ1) is 24.7. The molecule has 8 heteroatoms. The van der Waals surface area contributed by atoms with Gasteiger partial charge in [0.15, 0.2) is 0 Å². The Hall–Kier alpha value is -1.34. The van der Waals surface area contributed by atoms with E-state index in [1.807, 2.05) is 23.1 Å². The maximum atomic E-state index is 13.0. The first-order valence-corrected chi connectivity index (χ1v) is 9.67. The lowest BCUT2D eigenvalue weighted by Crippen LogP contribution is -2.35. The second-order valence-corrected chi connectivity index (χ2v) is 7.60. The SMILES string of the molecule is CN1CCCN(C(=O)c2ccccc2NC(=O)C[C@@H]2CCC[C@H]2N)CC1.Cl.Cl. The normalized spacial score (nSPS) is 22.6. The van der Waals surface area contributed by atoms with Crippen LogP contribution in [-0.2, 0) is 4.79 Å². The molecule has 0 bridgehead atoms. The van der Waals surface area contributed by atoms with Gasteiger partial charge in [-0.25, -0.2) is 0 Å². The molecule has 0 radical (unpaired) electrons. The molecule has 2 amide bonds. The summed E-state index contributed by atoms with van der Waals surface area (Å²) in [5.74, 6) is 0.191. The van der Waals surface area contributed by atoms with Crippen molar-refractivity contribution in [2.24, 2.45) is 11.7 Å². The molecule has 1 heterocycles. The zero-order valence-corrected chi connectivity index (χ0v) is 18.1. The number of benzene rings is 1. The molecule has 1 saturated heterocycles. The van der Waals surface area contributed by atoms with Crippen LogP contribution < -0.4 is 11.1 Å². The maximum absolute atomic E-state index is 13.0. The summed E-state index contributed by atoms with van der Waals surface area (Å²) in [7, 11) is 2.08. The number of halogens is 2. The first-order valence-electron chi connectivity index (χ1n) is 9.67. The lowest BCUT2D eigenvalue weighted by atomic mass is 9.99. The first-order chi connectivity index (χ1) is 12.5. The van der Waals surface area contributed by atoms with Gasteiger partial charge in [-0.3, -0.25) is 9.59 Å². The predicted molar refractivity (Wildman–Crippen MR) is 118 cm³/mol. The molecule has 2 fully saturated rings. The number of amides is 2. The van der Waals surface area contributed by atoms with Crippen molar-refractivity contribution in [1.29, 1.82) is 0 Å². The molecule has 1 aromatic carbocycles. The summed E-state index contributed by atoms with van der Waals surface area (Å²) in [5, 5.41) is 2.95. The lowest BCUT2D eigenvalue weighted by Gasteiger charge is -2.22. The van der Waals surface area contributed by atoms with Crippen LogP contribution >= 0.6 is 24.8 Å². The number of hydrogen-bond acceptors (Lipinski definition) is 4. The van der Waals surface area contributed by atoms with Crippen LogP contribution in [0.3, 0.4) is 0 Å². The minimum absolute atomic E-state index is 0. The third kappa shape index (κ3) is 6.34. The largest absolute Gasteiger partial charge is 0.337 e. The third-order valence-electron chi connectivity index (χ3n) is 5.60. The number of nitrogens with one attached hydrogen (secondary N) is 1. The van der Waals surface area contributed by atoms with Crippen molar-refractivity contribution in [3.63, 3.8) is 0 Å². The maximum Gasteiger partial charge on any atom is 0.256 e. The fourth-order valence-electron chi connectivity index (χ4n) is 3.96. The molecule has 3 rings (SSSR count). The Labute approximate surface area is 180 Å². The van der Waals surface area contributed by atoms with Crippen molar-refractivity contribution in [1.82, 2.24) is 9.80 Å². The van der Waals surface area contributed by atoms with E-state index in [1.165, 1.54) is 0 Å².